The molecule has 1 heterocycles. The topological polar surface area (TPSA) is 129 Å². The fraction of sp³-hybridized carbons (Fsp3) is 0.214. The normalized spacial score (nSPS) is 17.1. The van der Waals surface area contributed by atoms with Crippen molar-refractivity contribution in [2.24, 2.45) is 5.92 Å². The predicted octanol–water partition coefficient (Wildman–Crippen LogP) is 6.17. The molecule has 9 nitrogen and oxygen atoms in total. The Labute approximate surface area is 213 Å². The SMILES string of the molecule is O=C(Nc1ccc([C@H]2CC[C@H](C(=O)O)CC2)cc1)c1nnc(Nc2cccc(Nc3ccccc3)c2)o1. The van der Waals surface area contributed by atoms with Crippen LogP contribution in [0, 0.1) is 5.92 Å². The van der Waals surface area contributed by atoms with E-state index in [1.165, 1.54) is 0 Å². The van der Waals surface area contributed by atoms with Gasteiger partial charge in [0.15, 0.2) is 0 Å². The first kappa shape index (κ1) is 24.1. The molecule has 0 spiro atoms. The second-order valence-corrected chi connectivity index (χ2v) is 9.07. The van der Waals surface area contributed by atoms with Crippen molar-refractivity contribution in [3.63, 3.8) is 0 Å². The van der Waals surface area contributed by atoms with Crippen molar-refractivity contribution in [3.05, 3.63) is 90.3 Å². The van der Waals surface area contributed by atoms with Crippen molar-refractivity contribution in [2.45, 2.75) is 31.6 Å². The van der Waals surface area contributed by atoms with E-state index in [0.29, 0.717) is 24.4 Å². The number of carboxylic acid groups (broad SMARTS) is 1. The molecule has 9 heteroatoms. The van der Waals surface area contributed by atoms with E-state index in [1.54, 1.807) is 0 Å². The summed E-state index contributed by atoms with van der Waals surface area (Å²) < 4.78 is 5.51. The fourth-order valence-corrected chi connectivity index (χ4v) is 4.55. The summed E-state index contributed by atoms with van der Waals surface area (Å²) in [4.78, 5) is 23.8. The molecule has 1 saturated carbocycles. The molecule has 0 bridgehead atoms. The average molecular weight is 498 g/mol. The highest BCUT2D eigenvalue weighted by Gasteiger charge is 2.26. The lowest BCUT2D eigenvalue weighted by atomic mass is 9.79. The molecule has 4 aromatic rings. The van der Waals surface area contributed by atoms with Gasteiger partial charge in [-0.2, -0.15) is 0 Å². The average Bonchev–Trinajstić information content (AvgIpc) is 3.39. The second-order valence-electron chi connectivity index (χ2n) is 9.07. The standard InChI is InChI=1S/C28H27N5O4/c34-25(30-22-15-13-19(14-16-22)18-9-11-20(12-10-18)27(35)36)26-32-33-28(37-26)31-24-8-4-7-23(17-24)29-21-5-2-1-3-6-21/h1-8,13-18,20,29H,9-12H2,(H,30,34)(H,31,33)(H,35,36)/t18-,20-. The highest BCUT2D eigenvalue weighted by Crippen LogP contribution is 2.36. The Kier molecular flexibility index (Phi) is 7.12. The molecule has 4 N–H and O–H groups in total. The van der Waals surface area contributed by atoms with E-state index < -0.39 is 11.9 Å². The molecule has 188 valence electrons. The van der Waals surface area contributed by atoms with Gasteiger partial charge in [-0.25, -0.2) is 0 Å². The summed E-state index contributed by atoms with van der Waals surface area (Å²) in [6, 6.07) is 25.1. The van der Waals surface area contributed by atoms with Crippen LogP contribution in [0.5, 0.6) is 0 Å². The first-order chi connectivity index (χ1) is 18.0. The van der Waals surface area contributed by atoms with Crippen molar-refractivity contribution in [2.75, 3.05) is 16.0 Å². The number of hydrogen-bond acceptors (Lipinski definition) is 7. The number of carbonyl (C=O) groups excluding carboxylic acids is 1. The van der Waals surface area contributed by atoms with Gasteiger partial charge in [0.25, 0.3) is 0 Å². The summed E-state index contributed by atoms with van der Waals surface area (Å²) in [5.74, 6) is -1.26. The molecule has 1 aromatic heterocycles. The van der Waals surface area contributed by atoms with Crippen LogP contribution in [-0.4, -0.2) is 27.2 Å². The van der Waals surface area contributed by atoms with Crippen LogP contribution in [0.1, 0.15) is 47.8 Å². The van der Waals surface area contributed by atoms with Gasteiger partial charge in [-0.15, -0.1) is 5.10 Å². The minimum absolute atomic E-state index is 0.106. The van der Waals surface area contributed by atoms with Gasteiger partial charge in [0.05, 0.1) is 5.92 Å². The number of nitrogens with one attached hydrogen (secondary N) is 3. The van der Waals surface area contributed by atoms with Crippen molar-refractivity contribution in [3.8, 4) is 0 Å². The van der Waals surface area contributed by atoms with Crippen molar-refractivity contribution < 1.29 is 19.1 Å². The number of rotatable bonds is 8. The fourth-order valence-electron chi connectivity index (χ4n) is 4.55. The van der Waals surface area contributed by atoms with Crippen LogP contribution >= 0.6 is 0 Å². The number of anilines is 5. The van der Waals surface area contributed by atoms with E-state index in [-0.39, 0.29) is 17.8 Å². The molecule has 0 saturated heterocycles. The maximum absolute atomic E-state index is 12.6. The van der Waals surface area contributed by atoms with Crippen LogP contribution < -0.4 is 16.0 Å². The van der Waals surface area contributed by atoms with E-state index >= 15 is 0 Å². The summed E-state index contributed by atoms with van der Waals surface area (Å²) in [7, 11) is 0. The zero-order valence-electron chi connectivity index (χ0n) is 20.1. The Morgan fingerprint density at radius 3 is 2.14 bits per heavy atom. The summed E-state index contributed by atoms with van der Waals surface area (Å²) in [5.41, 5.74) is 4.34. The maximum Gasteiger partial charge on any atom is 0.320 e. The van der Waals surface area contributed by atoms with Gasteiger partial charge in [-0.3, -0.25) is 9.59 Å². The van der Waals surface area contributed by atoms with Gasteiger partial charge in [0, 0.05) is 22.7 Å². The van der Waals surface area contributed by atoms with Gasteiger partial charge < -0.3 is 25.5 Å². The zero-order chi connectivity index (χ0) is 25.6. The highest BCUT2D eigenvalue weighted by atomic mass is 16.4. The van der Waals surface area contributed by atoms with Gasteiger partial charge >= 0.3 is 23.8 Å². The van der Waals surface area contributed by atoms with E-state index in [1.807, 2.05) is 78.9 Å². The van der Waals surface area contributed by atoms with Gasteiger partial charge in [-0.1, -0.05) is 41.5 Å². The molecule has 1 fully saturated rings. The number of carbonyl (C=O) groups is 2. The summed E-state index contributed by atoms with van der Waals surface area (Å²) in [5, 5.41) is 26.1. The van der Waals surface area contributed by atoms with Crippen molar-refractivity contribution in [1.82, 2.24) is 10.2 Å². The van der Waals surface area contributed by atoms with Crippen molar-refractivity contribution in [1.29, 1.82) is 0 Å². The molecule has 0 radical (unpaired) electrons. The highest BCUT2D eigenvalue weighted by molar-refractivity contribution is 6.00. The number of aliphatic carboxylic acids is 1. The van der Waals surface area contributed by atoms with Crippen LogP contribution in [0.3, 0.4) is 0 Å². The molecule has 5 rings (SSSR count). The van der Waals surface area contributed by atoms with Crippen LogP contribution in [0.15, 0.2) is 83.3 Å². The molecular weight excluding hydrogens is 470 g/mol. The Morgan fingerprint density at radius 1 is 0.757 bits per heavy atom. The molecule has 1 aliphatic rings. The Hall–Kier alpha value is -4.66. The Balaban J connectivity index is 1.16. The monoisotopic (exact) mass is 497 g/mol. The number of benzene rings is 3. The third-order valence-electron chi connectivity index (χ3n) is 6.51. The molecule has 1 aliphatic carbocycles. The molecule has 37 heavy (non-hydrogen) atoms. The first-order valence-electron chi connectivity index (χ1n) is 12.2. The molecule has 3 aromatic carbocycles. The number of para-hydroxylation sites is 1. The van der Waals surface area contributed by atoms with Crippen molar-refractivity contribution >= 4 is 40.6 Å². The molecule has 0 aliphatic heterocycles. The van der Waals surface area contributed by atoms with Gasteiger partial charge in [-0.05, 0) is 79.6 Å². The number of nitrogens with zero attached hydrogens (tertiary/aromatic N) is 2. The minimum Gasteiger partial charge on any atom is -0.481 e. The largest absolute Gasteiger partial charge is 0.481 e. The smallest absolute Gasteiger partial charge is 0.320 e. The third-order valence-corrected chi connectivity index (χ3v) is 6.51. The lowest BCUT2D eigenvalue weighted by molar-refractivity contribution is -0.142. The third kappa shape index (κ3) is 6.13. The van der Waals surface area contributed by atoms with Crippen LogP contribution in [-0.2, 0) is 4.79 Å². The summed E-state index contributed by atoms with van der Waals surface area (Å²) in [6.07, 6.45) is 3.09. The Morgan fingerprint density at radius 2 is 1.43 bits per heavy atom. The lowest BCUT2D eigenvalue weighted by Gasteiger charge is -2.26. The van der Waals surface area contributed by atoms with E-state index in [4.69, 9.17) is 4.42 Å². The molecule has 0 unspecified atom stereocenters. The maximum atomic E-state index is 12.6. The Bertz CT molecular complexity index is 1360. The van der Waals surface area contributed by atoms with Crippen LogP contribution in [0.25, 0.3) is 0 Å². The quantitative estimate of drug-likeness (QED) is 0.227. The number of amides is 1. The van der Waals surface area contributed by atoms with Gasteiger partial charge in [0.1, 0.15) is 0 Å². The number of aromatic nitrogens is 2. The van der Waals surface area contributed by atoms with Gasteiger partial charge in [0.2, 0.25) is 0 Å². The first-order valence-corrected chi connectivity index (χ1v) is 12.2. The van der Waals surface area contributed by atoms with E-state index in [9.17, 15) is 14.7 Å². The number of hydrogen-bond donors (Lipinski definition) is 4. The molecular formula is C28H27N5O4. The lowest BCUT2D eigenvalue weighted by Crippen LogP contribution is -2.20. The minimum atomic E-state index is -0.704. The zero-order valence-corrected chi connectivity index (χ0v) is 20.1. The van der Waals surface area contributed by atoms with Crippen LogP contribution in [0.2, 0.25) is 0 Å². The van der Waals surface area contributed by atoms with E-state index in [2.05, 4.69) is 26.1 Å². The molecule has 0 atom stereocenters. The van der Waals surface area contributed by atoms with E-state index in [0.717, 1.165) is 35.5 Å². The predicted molar refractivity (Wildman–Crippen MR) is 140 cm³/mol. The second kappa shape index (κ2) is 10.9. The molecule has 1 amide bonds. The van der Waals surface area contributed by atoms with Crippen LogP contribution in [0.4, 0.5) is 28.8 Å². The number of carboxylic acids is 1. The summed E-state index contributed by atoms with van der Waals surface area (Å²) >= 11 is 0. The summed E-state index contributed by atoms with van der Waals surface area (Å²) in [6.45, 7) is 0.